The van der Waals surface area contributed by atoms with E-state index in [2.05, 4.69) is 14.8 Å². The highest BCUT2D eigenvalue weighted by Gasteiger charge is 2.15. The van der Waals surface area contributed by atoms with Crippen LogP contribution in [0, 0.1) is 0 Å². The van der Waals surface area contributed by atoms with Gasteiger partial charge < -0.3 is 14.8 Å². The fourth-order valence-electron chi connectivity index (χ4n) is 1.94. The summed E-state index contributed by atoms with van der Waals surface area (Å²) in [6.45, 7) is -0.159. The Bertz CT molecular complexity index is 876. The SMILES string of the molecule is CNC(=O)COc1ccc(S(=O)(=O)Nc2ccc(C(=O)OC)cc2)cc1. The monoisotopic (exact) mass is 378 g/mol. The van der Waals surface area contributed by atoms with E-state index < -0.39 is 16.0 Å². The molecule has 0 bridgehead atoms. The number of amides is 1. The van der Waals surface area contributed by atoms with Gasteiger partial charge in [-0.05, 0) is 48.5 Å². The van der Waals surface area contributed by atoms with Crippen molar-refractivity contribution in [2.45, 2.75) is 4.90 Å². The molecule has 0 aliphatic carbocycles. The highest BCUT2D eigenvalue weighted by molar-refractivity contribution is 7.92. The molecule has 2 aromatic rings. The Morgan fingerprint density at radius 1 is 1.00 bits per heavy atom. The number of methoxy groups -OCH3 is 1. The van der Waals surface area contributed by atoms with E-state index in [1.54, 1.807) is 0 Å². The van der Waals surface area contributed by atoms with E-state index in [9.17, 15) is 18.0 Å². The summed E-state index contributed by atoms with van der Waals surface area (Å²) >= 11 is 0. The van der Waals surface area contributed by atoms with Crippen molar-refractivity contribution in [1.82, 2.24) is 5.32 Å². The molecular weight excluding hydrogens is 360 g/mol. The van der Waals surface area contributed by atoms with Gasteiger partial charge in [0.05, 0.1) is 17.6 Å². The lowest BCUT2D eigenvalue weighted by molar-refractivity contribution is -0.122. The van der Waals surface area contributed by atoms with Gasteiger partial charge >= 0.3 is 5.97 Å². The molecule has 138 valence electrons. The third kappa shape index (κ3) is 4.96. The van der Waals surface area contributed by atoms with E-state index in [0.29, 0.717) is 17.0 Å². The molecule has 0 spiro atoms. The summed E-state index contributed by atoms with van der Waals surface area (Å²) in [6.07, 6.45) is 0. The molecule has 0 aromatic heterocycles. The van der Waals surface area contributed by atoms with E-state index >= 15 is 0 Å². The third-order valence-corrected chi connectivity index (χ3v) is 4.74. The minimum Gasteiger partial charge on any atom is -0.484 e. The maximum absolute atomic E-state index is 12.4. The molecule has 8 nitrogen and oxygen atoms in total. The average molecular weight is 378 g/mol. The molecular formula is C17H18N2O6S. The van der Waals surface area contributed by atoms with Gasteiger partial charge in [0.15, 0.2) is 6.61 Å². The molecule has 0 saturated heterocycles. The summed E-state index contributed by atoms with van der Waals surface area (Å²) in [5.41, 5.74) is 0.616. The summed E-state index contributed by atoms with van der Waals surface area (Å²) in [5.74, 6) is -0.430. The zero-order valence-corrected chi connectivity index (χ0v) is 15.0. The van der Waals surface area contributed by atoms with Crippen molar-refractivity contribution in [2.75, 3.05) is 25.5 Å². The molecule has 2 rings (SSSR count). The van der Waals surface area contributed by atoms with Crippen LogP contribution in [0.25, 0.3) is 0 Å². The van der Waals surface area contributed by atoms with Crippen LogP contribution in [0.3, 0.4) is 0 Å². The van der Waals surface area contributed by atoms with E-state index in [4.69, 9.17) is 4.74 Å². The number of rotatable bonds is 7. The van der Waals surface area contributed by atoms with Crippen molar-refractivity contribution in [1.29, 1.82) is 0 Å². The Balaban J connectivity index is 2.07. The van der Waals surface area contributed by atoms with Gasteiger partial charge in [-0.3, -0.25) is 9.52 Å². The largest absolute Gasteiger partial charge is 0.484 e. The summed E-state index contributed by atoms with van der Waals surface area (Å²) in [7, 11) is -1.05. The number of benzene rings is 2. The second-order valence-corrected chi connectivity index (χ2v) is 6.79. The van der Waals surface area contributed by atoms with Crippen molar-refractivity contribution in [3.8, 4) is 5.75 Å². The van der Waals surface area contributed by atoms with Crippen LogP contribution in [0.2, 0.25) is 0 Å². The standard InChI is InChI=1S/C17H18N2O6S/c1-18-16(20)11-25-14-7-9-15(10-8-14)26(22,23)19-13-5-3-12(4-6-13)17(21)24-2/h3-10,19H,11H2,1-2H3,(H,18,20). The summed E-state index contributed by atoms with van der Waals surface area (Å²) < 4.78 is 37.0. The van der Waals surface area contributed by atoms with Crippen molar-refractivity contribution < 1.29 is 27.5 Å². The van der Waals surface area contributed by atoms with Gasteiger partial charge in [0.1, 0.15) is 5.75 Å². The average Bonchev–Trinajstić information content (AvgIpc) is 2.66. The summed E-state index contributed by atoms with van der Waals surface area (Å²) in [5, 5.41) is 2.41. The third-order valence-electron chi connectivity index (χ3n) is 3.34. The fraction of sp³-hybridized carbons (Fsp3) is 0.176. The lowest BCUT2D eigenvalue weighted by atomic mass is 10.2. The molecule has 1 amide bonds. The van der Waals surface area contributed by atoms with Crippen molar-refractivity contribution in [3.63, 3.8) is 0 Å². The fourth-order valence-corrected chi connectivity index (χ4v) is 3.00. The van der Waals surface area contributed by atoms with Gasteiger partial charge in [0.25, 0.3) is 15.9 Å². The van der Waals surface area contributed by atoms with Crippen molar-refractivity contribution in [2.24, 2.45) is 0 Å². The number of anilines is 1. The minimum atomic E-state index is -3.81. The van der Waals surface area contributed by atoms with E-state index in [1.807, 2.05) is 0 Å². The molecule has 0 atom stereocenters. The number of sulfonamides is 1. The van der Waals surface area contributed by atoms with Crippen LogP contribution in [0.15, 0.2) is 53.4 Å². The number of ether oxygens (including phenoxy) is 2. The Kier molecular flexibility index (Phi) is 6.18. The van der Waals surface area contributed by atoms with Crippen LogP contribution >= 0.6 is 0 Å². The molecule has 0 radical (unpaired) electrons. The van der Waals surface area contributed by atoms with Crippen LogP contribution < -0.4 is 14.8 Å². The highest BCUT2D eigenvalue weighted by Crippen LogP contribution is 2.20. The molecule has 0 unspecified atom stereocenters. The molecule has 2 aromatic carbocycles. The lowest BCUT2D eigenvalue weighted by Crippen LogP contribution is -2.24. The molecule has 0 aliphatic rings. The van der Waals surface area contributed by atoms with Gasteiger partial charge in [-0.15, -0.1) is 0 Å². The highest BCUT2D eigenvalue weighted by atomic mass is 32.2. The molecule has 9 heteroatoms. The number of hydrogen-bond acceptors (Lipinski definition) is 6. The number of likely N-dealkylation sites (N-methyl/N-ethyl adjacent to an activating group) is 1. The smallest absolute Gasteiger partial charge is 0.337 e. The zero-order chi connectivity index (χ0) is 19.2. The lowest BCUT2D eigenvalue weighted by Gasteiger charge is -2.10. The van der Waals surface area contributed by atoms with Crippen LogP contribution in [-0.4, -0.2) is 41.1 Å². The van der Waals surface area contributed by atoms with Crippen LogP contribution in [0.1, 0.15) is 10.4 Å². The van der Waals surface area contributed by atoms with Gasteiger partial charge in [-0.2, -0.15) is 0 Å². The van der Waals surface area contributed by atoms with Crippen molar-refractivity contribution >= 4 is 27.6 Å². The van der Waals surface area contributed by atoms with E-state index in [1.165, 1.54) is 62.7 Å². The first-order valence-electron chi connectivity index (χ1n) is 7.50. The van der Waals surface area contributed by atoms with Crippen LogP contribution in [0.5, 0.6) is 5.75 Å². The number of carbonyl (C=O) groups excluding carboxylic acids is 2. The Morgan fingerprint density at radius 3 is 2.15 bits per heavy atom. The predicted molar refractivity (Wildman–Crippen MR) is 94.6 cm³/mol. The van der Waals surface area contributed by atoms with Crippen LogP contribution in [0.4, 0.5) is 5.69 Å². The van der Waals surface area contributed by atoms with Gasteiger partial charge in [0, 0.05) is 12.7 Å². The topological polar surface area (TPSA) is 111 Å². The van der Waals surface area contributed by atoms with Crippen LogP contribution in [-0.2, 0) is 19.6 Å². The number of esters is 1. The first-order valence-corrected chi connectivity index (χ1v) is 8.98. The Morgan fingerprint density at radius 2 is 1.62 bits per heavy atom. The quantitative estimate of drug-likeness (QED) is 0.705. The number of carbonyl (C=O) groups is 2. The van der Waals surface area contributed by atoms with Crippen molar-refractivity contribution in [3.05, 3.63) is 54.1 Å². The first kappa shape index (κ1) is 19.3. The maximum atomic E-state index is 12.4. The molecule has 26 heavy (non-hydrogen) atoms. The first-order chi connectivity index (χ1) is 12.4. The van der Waals surface area contributed by atoms with E-state index in [0.717, 1.165) is 0 Å². The van der Waals surface area contributed by atoms with Gasteiger partial charge in [-0.25, -0.2) is 13.2 Å². The molecule has 0 aliphatic heterocycles. The molecule has 2 N–H and O–H groups in total. The Hall–Kier alpha value is -3.07. The summed E-state index contributed by atoms with van der Waals surface area (Å²) in [6, 6.07) is 11.5. The molecule has 0 fully saturated rings. The normalized spacial score (nSPS) is 10.7. The molecule has 0 heterocycles. The number of hydrogen-bond donors (Lipinski definition) is 2. The zero-order valence-electron chi connectivity index (χ0n) is 14.2. The second kappa shape index (κ2) is 8.34. The minimum absolute atomic E-state index is 0.0295. The van der Waals surface area contributed by atoms with Gasteiger partial charge in [-0.1, -0.05) is 0 Å². The number of nitrogens with one attached hydrogen (secondary N) is 2. The van der Waals surface area contributed by atoms with E-state index in [-0.39, 0.29) is 17.4 Å². The second-order valence-electron chi connectivity index (χ2n) is 5.11. The molecule has 0 saturated carbocycles. The van der Waals surface area contributed by atoms with Gasteiger partial charge in [0.2, 0.25) is 0 Å². The maximum Gasteiger partial charge on any atom is 0.337 e. The predicted octanol–water partition coefficient (Wildman–Crippen LogP) is 1.40. The Labute approximate surface area is 151 Å². The summed E-state index contributed by atoms with van der Waals surface area (Å²) in [4.78, 5) is 22.5.